The SMILES string of the molecule is Nc1cccc2c1C(=O)N(Cc1cccnc1)C2. The number of hydrogen-bond donors (Lipinski definition) is 1. The molecule has 0 atom stereocenters. The van der Waals surface area contributed by atoms with E-state index >= 15 is 0 Å². The molecule has 2 aromatic rings. The average molecular weight is 239 g/mol. The van der Waals surface area contributed by atoms with Crippen LogP contribution in [0.3, 0.4) is 0 Å². The molecular weight excluding hydrogens is 226 g/mol. The Labute approximate surface area is 105 Å². The van der Waals surface area contributed by atoms with Crippen molar-refractivity contribution in [2.45, 2.75) is 13.1 Å². The van der Waals surface area contributed by atoms with Crippen LogP contribution in [0.5, 0.6) is 0 Å². The minimum absolute atomic E-state index is 0.00644. The Bertz CT molecular complexity index is 595. The predicted octanol–water partition coefficient (Wildman–Crippen LogP) is 1.82. The van der Waals surface area contributed by atoms with E-state index in [1.54, 1.807) is 23.4 Å². The zero-order valence-electron chi connectivity index (χ0n) is 9.84. The van der Waals surface area contributed by atoms with E-state index in [0.29, 0.717) is 24.3 Å². The van der Waals surface area contributed by atoms with Crippen molar-refractivity contribution in [3.05, 3.63) is 59.4 Å². The summed E-state index contributed by atoms with van der Waals surface area (Å²) in [5, 5.41) is 0. The van der Waals surface area contributed by atoms with Crippen LogP contribution in [0.2, 0.25) is 0 Å². The molecule has 2 N–H and O–H groups in total. The molecule has 0 radical (unpaired) electrons. The molecule has 90 valence electrons. The lowest BCUT2D eigenvalue weighted by molar-refractivity contribution is 0.0767. The van der Waals surface area contributed by atoms with Crippen molar-refractivity contribution < 1.29 is 4.79 Å². The van der Waals surface area contributed by atoms with Crippen LogP contribution in [0.15, 0.2) is 42.7 Å². The van der Waals surface area contributed by atoms with Gasteiger partial charge in [0, 0.05) is 31.2 Å². The summed E-state index contributed by atoms with van der Waals surface area (Å²) in [4.78, 5) is 18.1. The molecule has 1 aromatic heterocycles. The van der Waals surface area contributed by atoms with Gasteiger partial charge in [-0.05, 0) is 23.3 Å². The molecule has 0 unspecified atom stereocenters. The van der Waals surface area contributed by atoms with Gasteiger partial charge in [0.15, 0.2) is 0 Å². The van der Waals surface area contributed by atoms with Gasteiger partial charge in [-0.25, -0.2) is 0 Å². The van der Waals surface area contributed by atoms with E-state index in [-0.39, 0.29) is 5.91 Å². The van der Waals surface area contributed by atoms with Gasteiger partial charge in [-0.2, -0.15) is 0 Å². The number of aromatic nitrogens is 1. The molecule has 2 heterocycles. The first-order valence-corrected chi connectivity index (χ1v) is 5.81. The van der Waals surface area contributed by atoms with Crippen molar-refractivity contribution in [1.82, 2.24) is 9.88 Å². The van der Waals surface area contributed by atoms with E-state index < -0.39 is 0 Å². The van der Waals surface area contributed by atoms with Crippen LogP contribution in [0.25, 0.3) is 0 Å². The van der Waals surface area contributed by atoms with Crippen molar-refractivity contribution in [2.24, 2.45) is 0 Å². The molecule has 1 aliphatic heterocycles. The number of benzene rings is 1. The van der Waals surface area contributed by atoms with Crippen LogP contribution in [-0.4, -0.2) is 15.8 Å². The van der Waals surface area contributed by atoms with Crippen molar-refractivity contribution >= 4 is 11.6 Å². The smallest absolute Gasteiger partial charge is 0.256 e. The minimum Gasteiger partial charge on any atom is -0.398 e. The Morgan fingerprint density at radius 3 is 2.89 bits per heavy atom. The molecule has 0 fully saturated rings. The van der Waals surface area contributed by atoms with E-state index in [1.807, 2.05) is 24.3 Å². The second-order valence-electron chi connectivity index (χ2n) is 4.40. The highest BCUT2D eigenvalue weighted by Crippen LogP contribution is 2.28. The van der Waals surface area contributed by atoms with Gasteiger partial charge >= 0.3 is 0 Å². The molecule has 1 aliphatic rings. The second kappa shape index (κ2) is 4.14. The number of pyridine rings is 1. The third kappa shape index (κ3) is 1.72. The van der Waals surface area contributed by atoms with Crippen molar-refractivity contribution in [3.63, 3.8) is 0 Å². The van der Waals surface area contributed by atoms with Gasteiger partial charge in [0.25, 0.3) is 5.91 Å². The number of hydrogen-bond acceptors (Lipinski definition) is 3. The van der Waals surface area contributed by atoms with Crippen LogP contribution in [-0.2, 0) is 13.1 Å². The monoisotopic (exact) mass is 239 g/mol. The number of nitrogens with zero attached hydrogens (tertiary/aromatic N) is 2. The van der Waals surface area contributed by atoms with Gasteiger partial charge in [0.1, 0.15) is 0 Å². The lowest BCUT2D eigenvalue weighted by atomic mass is 10.1. The second-order valence-corrected chi connectivity index (χ2v) is 4.40. The molecule has 3 rings (SSSR count). The average Bonchev–Trinajstić information content (AvgIpc) is 2.69. The Hall–Kier alpha value is -2.36. The van der Waals surface area contributed by atoms with Crippen molar-refractivity contribution in [3.8, 4) is 0 Å². The number of carbonyl (C=O) groups is 1. The standard InChI is InChI=1S/C14H13N3O/c15-12-5-1-4-11-9-17(14(18)13(11)12)8-10-3-2-6-16-7-10/h1-7H,8-9,15H2. The Morgan fingerprint density at radius 1 is 1.28 bits per heavy atom. The van der Waals surface area contributed by atoms with Crippen molar-refractivity contribution in [1.29, 1.82) is 0 Å². The molecule has 0 saturated heterocycles. The number of anilines is 1. The molecule has 4 heteroatoms. The lowest BCUT2D eigenvalue weighted by Gasteiger charge is -2.15. The minimum atomic E-state index is 0.00644. The Kier molecular flexibility index (Phi) is 2.48. The van der Waals surface area contributed by atoms with Crippen LogP contribution >= 0.6 is 0 Å². The van der Waals surface area contributed by atoms with E-state index in [0.717, 1.165) is 11.1 Å². The normalized spacial score (nSPS) is 13.8. The van der Waals surface area contributed by atoms with E-state index in [1.165, 1.54) is 0 Å². The summed E-state index contributed by atoms with van der Waals surface area (Å²) in [7, 11) is 0. The first kappa shape index (κ1) is 10.8. The summed E-state index contributed by atoms with van der Waals surface area (Å²) in [6.45, 7) is 1.19. The summed E-state index contributed by atoms with van der Waals surface area (Å²) in [6, 6.07) is 9.44. The van der Waals surface area contributed by atoms with Gasteiger partial charge in [-0.15, -0.1) is 0 Å². The highest BCUT2D eigenvalue weighted by Gasteiger charge is 2.28. The third-order valence-corrected chi connectivity index (χ3v) is 3.14. The van der Waals surface area contributed by atoms with Crippen LogP contribution in [0.1, 0.15) is 21.5 Å². The summed E-state index contributed by atoms with van der Waals surface area (Å²) < 4.78 is 0. The Balaban J connectivity index is 1.87. The van der Waals surface area contributed by atoms with Crippen LogP contribution < -0.4 is 5.73 Å². The zero-order chi connectivity index (χ0) is 12.5. The van der Waals surface area contributed by atoms with E-state index in [4.69, 9.17) is 5.73 Å². The first-order chi connectivity index (χ1) is 8.75. The molecule has 1 amide bonds. The molecule has 0 saturated carbocycles. The zero-order valence-corrected chi connectivity index (χ0v) is 9.84. The number of nitrogen functional groups attached to an aromatic ring is 1. The van der Waals surface area contributed by atoms with Gasteiger partial charge in [0.05, 0.1) is 5.56 Å². The third-order valence-electron chi connectivity index (χ3n) is 3.14. The predicted molar refractivity (Wildman–Crippen MR) is 68.7 cm³/mol. The fourth-order valence-electron chi connectivity index (χ4n) is 2.29. The Morgan fingerprint density at radius 2 is 2.17 bits per heavy atom. The molecule has 1 aromatic carbocycles. The largest absolute Gasteiger partial charge is 0.398 e. The number of rotatable bonds is 2. The van der Waals surface area contributed by atoms with Crippen molar-refractivity contribution in [2.75, 3.05) is 5.73 Å². The quantitative estimate of drug-likeness (QED) is 0.813. The summed E-state index contributed by atoms with van der Waals surface area (Å²) in [5.74, 6) is 0.00644. The molecule has 0 aliphatic carbocycles. The maximum Gasteiger partial charge on any atom is 0.256 e. The molecule has 0 spiro atoms. The number of fused-ring (bicyclic) bond motifs is 1. The highest BCUT2D eigenvalue weighted by atomic mass is 16.2. The van der Waals surface area contributed by atoms with Crippen LogP contribution in [0.4, 0.5) is 5.69 Å². The summed E-state index contributed by atoms with van der Waals surface area (Å²) >= 11 is 0. The molecule has 18 heavy (non-hydrogen) atoms. The van der Waals surface area contributed by atoms with E-state index in [9.17, 15) is 4.79 Å². The summed E-state index contributed by atoms with van der Waals surface area (Å²) in [6.07, 6.45) is 3.50. The van der Waals surface area contributed by atoms with Gasteiger partial charge in [-0.1, -0.05) is 18.2 Å². The van der Waals surface area contributed by atoms with E-state index in [2.05, 4.69) is 4.98 Å². The number of nitrogens with two attached hydrogens (primary N) is 1. The molecular formula is C14H13N3O. The highest BCUT2D eigenvalue weighted by molar-refractivity contribution is 6.02. The molecule has 0 bridgehead atoms. The molecule has 4 nitrogen and oxygen atoms in total. The fraction of sp³-hybridized carbons (Fsp3) is 0.143. The first-order valence-electron chi connectivity index (χ1n) is 5.81. The summed E-state index contributed by atoms with van der Waals surface area (Å²) in [5.41, 5.74) is 9.10. The van der Waals surface area contributed by atoms with Gasteiger partial charge in [-0.3, -0.25) is 9.78 Å². The fourth-order valence-corrected chi connectivity index (χ4v) is 2.29. The lowest BCUT2D eigenvalue weighted by Crippen LogP contribution is -2.23. The van der Waals surface area contributed by atoms with Gasteiger partial charge < -0.3 is 10.6 Å². The van der Waals surface area contributed by atoms with Gasteiger partial charge in [0.2, 0.25) is 0 Å². The maximum atomic E-state index is 12.2. The number of carbonyl (C=O) groups excluding carboxylic acids is 1. The maximum absolute atomic E-state index is 12.2. The van der Waals surface area contributed by atoms with Crippen LogP contribution in [0, 0.1) is 0 Å². The topological polar surface area (TPSA) is 59.2 Å². The number of amides is 1.